The summed E-state index contributed by atoms with van der Waals surface area (Å²) >= 11 is 0. The van der Waals surface area contributed by atoms with Crippen LogP contribution in [0.15, 0.2) is 36.7 Å². The van der Waals surface area contributed by atoms with Gasteiger partial charge in [-0.05, 0) is 18.2 Å². The first-order valence-corrected chi connectivity index (χ1v) is 7.77. The summed E-state index contributed by atoms with van der Waals surface area (Å²) in [6.45, 7) is 0.471. The number of carbonyl (C=O) groups excluding carboxylic acids is 1. The Morgan fingerprint density at radius 1 is 1.46 bits per heavy atom. The average Bonchev–Trinajstić information content (AvgIpc) is 3.31. The highest BCUT2D eigenvalue weighted by atomic mass is 19.1. The second-order valence-corrected chi connectivity index (χ2v) is 5.93. The molecule has 1 aliphatic rings. The number of nitrogens with one attached hydrogen (secondary N) is 2. The van der Waals surface area contributed by atoms with E-state index >= 15 is 0 Å². The van der Waals surface area contributed by atoms with E-state index in [1.54, 1.807) is 42.6 Å². The minimum absolute atomic E-state index is 0.0508. The predicted octanol–water partition coefficient (Wildman–Crippen LogP) is 2.63. The molecule has 2 N–H and O–H groups in total. The lowest BCUT2D eigenvalue weighted by atomic mass is 10.2. The fraction of sp³-hybridized carbons (Fsp3) is 0.294. The maximum atomic E-state index is 13.9. The molecule has 1 aliphatic heterocycles. The first kappa shape index (κ1) is 14.9. The number of hydrogen-bond donors (Lipinski definition) is 2. The lowest BCUT2D eigenvalue weighted by Crippen LogP contribution is -2.32. The van der Waals surface area contributed by atoms with Crippen LogP contribution in [0.1, 0.15) is 28.8 Å². The maximum absolute atomic E-state index is 13.9. The summed E-state index contributed by atoms with van der Waals surface area (Å²) in [6, 6.07) is 6.12. The largest absolute Gasteiger partial charge is 0.380 e. The van der Waals surface area contributed by atoms with Crippen molar-refractivity contribution in [1.29, 1.82) is 0 Å². The standard InChI is InChI=1S/C17H17FN4O2/c1-24-10-7-15(16-19-5-6-20-16)22(9-10)17(23)14-8-11-12(18)3-2-4-13(11)21-14/h2-6,8,10,15,21H,7,9H2,1H3,(H,19,20)/t10-,15?/m1/s1. The number of benzene rings is 1. The molecule has 0 bridgehead atoms. The van der Waals surface area contributed by atoms with Crippen molar-refractivity contribution in [2.75, 3.05) is 13.7 Å². The number of rotatable bonds is 3. The summed E-state index contributed by atoms with van der Waals surface area (Å²) in [5.74, 6) is 0.193. The molecule has 1 aromatic carbocycles. The minimum atomic E-state index is -0.346. The van der Waals surface area contributed by atoms with Gasteiger partial charge in [-0.1, -0.05) is 6.07 Å². The fourth-order valence-corrected chi connectivity index (χ4v) is 3.30. The van der Waals surface area contributed by atoms with E-state index in [2.05, 4.69) is 15.0 Å². The van der Waals surface area contributed by atoms with Crippen molar-refractivity contribution in [2.45, 2.75) is 18.6 Å². The van der Waals surface area contributed by atoms with Crippen LogP contribution in [0.5, 0.6) is 0 Å². The van der Waals surface area contributed by atoms with Crippen molar-refractivity contribution in [3.8, 4) is 0 Å². The Morgan fingerprint density at radius 3 is 3.04 bits per heavy atom. The lowest BCUT2D eigenvalue weighted by Gasteiger charge is -2.22. The first-order chi connectivity index (χ1) is 11.7. The van der Waals surface area contributed by atoms with E-state index < -0.39 is 0 Å². The third-order valence-electron chi connectivity index (χ3n) is 4.53. The van der Waals surface area contributed by atoms with Gasteiger partial charge in [0.15, 0.2) is 0 Å². The molecule has 6 nitrogen and oxygen atoms in total. The van der Waals surface area contributed by atoms with Crippen LogP contribution >= 0.6 is 0 Å². The second kappa shape index (κ2) is 5.76. The molecule has 4 rings (SSSR count). The lowest BCUT2D eigenvalue weighted by molar-refractivity contribution is 0.0680. The topological polar surface area (TPSA) is 74.0 Å². The number of hydrogen-bond acceptors (Lipinski definition) is 3. The number of imidazole rings is 1. The SMILES string of the molecule is CO[C@@H]1CC(c2ncc[nH]2)N(C(=O)c2cc3c(F)cccc3[nH]2)C1. The van der Waals surface area contributed by atoms with E-state index in [9.17, 15) is 9.18 Å². The summed E-state index contributed by atoms with van der Waals surface area (Å²) in [5, 5.41) is 0.415. The number of carbonyl (C=O) groups is 1. The highest BCUT2D eigenvalue weighted by Gasteiger charge is 2.38. The van der Waals surface area contributed by atoms with Gasteiger partial charge in [0, 0.05) is 43.4 Å². The number of amides is 1. The molecule has 1 saturated heterocycles. The van der Waals surface area contributed by atoms with Crippen LogP contribution in [-0.2, 0) is 4.74 Å². The number of nitrogens with zero attached hydrogens (tertiary/aromatic N) is 2. The molecular weight excluding hydrogens is 311 g/mol. The quantitative estimate of drug-likeness (QED) is 0.776. The van der Waals surface area contributed by atoms with Crippen molar-refractivity contribution >= 4 is 16.8 Å². The van der Waals surface area contributed by atoms with Gasteiger partial charge in [-0.15, -0.1) is 0 Å². The Hall–Kier alpha value is -2.67. The Bertz CT molecular complexity index is 874. The van der Waals surface area contributed by atoms with Crippen molar-refractivity contribution in [3.63, 3.8) is 0 Å². The maximum Gasteiger partial charge on any atom is 0.271 e. The summed E-state index contributed by atoms with van der Waals surface area (Å²) in [5.41, 5.74) is 0.971. The van der Waals surface area contributed by atoms with Crippen LogP contribution in [0.4, 0.5) is 4.39 Å². The van der Waals surface area contributed by atoms with Crippen molar-refractivity contribution in [2.24, 2.45) is 0 Å². The third-order valence-corrected chi connectivity index (χ3v) is 4.53. The van der Waals surface area contributed by atoms with E-state index in [4.69, 9.17) is 4.74 Å². The van der Waals surface area contributed by atoms with Crippen molar-refractivity contribution < 1.29 is 13.9 Å². The fourth-order valence-electron chi connectivity index (χ4n) is 3.30. The Labute approximate surface area is 137 Å². The number of fused-ring (bicyclic) bond motifs is 1. The zero-order chi connectivity index (χ0) is 16.7. The number of methoxy groups -OCH3 is 1. The van der Waals surface area contributed by atoms with Gasteiger partial charge in [0.2, 0.25) is 0 Å². The molecule has 24 heavy (non-hydrogen) atoms. The van der Waals surface area contributed by atoms with Gasteiger partial charge in [-0.3, -0.25) is 4.79 Å². The molecule has 0 saturated carbocycles. The summed E-state index contributed by atoms with van der Waals surface area (Å²) in [6.07, 6.45) is 4.02. The molecule has 0 radical (unpaired) electrons. The van der Waals surface area contributed by atoms with E-state index in [1.807, 2.05) is 0 Å². The van der Waals surface area contributed by atoms with E-state index in [0.29, 0.717) is 29.6 Å². The second-order valence-electron chi connectivity index (χ2n) is 5.93. The van der Waals surface area contributed by atoms with E-state index in [0.717, 1.165) is 5.82 Å². The zero-order valence-corrected chi connectivity index (χ0v) is 13.1. The van der Waals surface area contributed by atoms with Gasteiger partial charge in [-0.2, -0.15) is 0 Å². The predicted molar refractivity (Wildman–Crippen MR) is 86.0 cm³/mol. The Morgan fingerprint density at radius 2 is 2.33 bits per heavy atom. The van der Waals surface area contributed by atoms with E-state index in [1.165, 1.54) is 6.07 Å². The van der Waals surface area contributed by atoms with Gasteiger partial charge < -0.3 is 19.6 Å². The molecule has 7 heteroatoms. The highest BCUT2D eigenvalue weighted by Crippen LogP contribution is 2.33. The van der Waals surface area contributed by atoms with Gasteiger partial charge in [-0.25, -0.2) is 9.37 Å². The molecule has 2 atom stereocenters. The van der Waals surface area contributed by atoms with Crippen LogP contribution in [-0.4, -0.2) is 45.5 Å². The molecule has 1 unspecified atom stereocenters. The first-order valence-electron chi connectivity index (χ1n) is 7.77. The van der Waals surface area contributed by atoms with Crippen LogP contribution < -0.4 is 0 Å². The van der Waals surface area contributed by atoms with Gasteiger partial charge in [0.25, 0.3) is 5.91 Å². The summed E-state index contributed by atoms with van der Waals surface area (Å²) in [7, 11) is 1.64. The number of likely N-dealkylation sites (tertiary alicyclic amines) is 1. The summed E-state index contributed by atoms with van der Waals surface area (Å²) in [4.78, 5) is 25.0. The van der Waals surface area contributed by atoms with Gasteiger partial charge >= 0.3 is 0 Å². The number of aromatic amines is 2. The number of aromatic nitrogens is 3. The number of H-pyrrole nitrogens is 2. The number of halogens is 1. The molecule has 3 heterocycles. The van der Waals surface area contributed by atoms with Crippen LogP contribution in [0.2, 0.25) is 0 Å². The molecule has 3 aromatic rings. The van der Waals surface area contributed by atoms with Crippen LogP contribution in [0.25, 0.3) is 10.9 Å². The Kier molecular flexibility index (Phi) is 3.57. The summed E-state index contributed by atoms with van der Waals surface area (Å²) < 4.78 is 19.3. The molecule has 124 valence electrons. The van der Waals surface area contributed by atoms with Gasteiger partial charge in [0.1, 0.15) is 17.3 Å². The molecule has 2 aromatic heterocycles. The zero-order valence-electron chi connectivity index (χ0n) is 13.1. The molecule has 1 fully saturated rings. The van der Waals surface area contributed by atoms with Gasteiger partial charge in [0.05, 0.1) is 12.1 Å². The highest BCUT2D eigenvalue weighted by molar-refractivity contribution is 5.98. The molecule has 0 spiro atoms. The third kappa shape index (κ3) is 2.37. The van der Waals surface area contributed by atoms with E-state index in [-0.39, 0.29) is 23.9 Å². The molecule has 0 aliphatic carbocycles. The van der Waals surface area contributed by atoms with Crippen LogP contribution in [0.3, 0.4) is 0 Å². The smallest absolute Gasteiger partial charge is 0.271 e. The average molecular weight is 328 g/mol. The van der Waals surface area contributed by atoms with Crippen molar-refractivity contribution in [1.82, 2.24) is 19.9 Å². The minimum Gasteiger partial charge on any atom is -0.380 e. The normalized spacial score (nSPS) is 20.8. The number of ether oxygens (including phenoxy) is 1. The van der Waals surface area contributed by atoms with Crippen LogP contribution in [0, 0.1) is 5.82 Å². The van der Waals surface area contributed by atoms with Crippen molar-refractivity contribution in [3.05, 3.63) is 54.0 Å². The monoisotopic (exact) mass is 328 g/mol. The Balaban J connectivity index is 1.69. The molecule has 1 amide bonds. The molecular formula is C17H17FN4O2.